The van der Waals surface area contributed by atoms with Crippen LogP contribution in [0.5, 0.6) is 0 Å². The number of aromatic amines is 1. The second kappa shape index (κ2) is 8.00. The topological polar surface area (TPSA) is 114 Å². The molecule has 2 N–H and O–H groups in total. The molecule has 0 unspecified atom stereocenters. The summed E-state index contributed by atoms with van der Waals surface area (Å²) in [6.45, 7) is 1.68. The monoisotopic (exact) mass is 394 g/mol. The summed E-state index contributed by atoms with van der Waals surface area (Å²) in [7, 11) is 1.29. The maximum Gasteiger partial charge on any atom is 0.350 e. The van der Waals surface area contributed by atoms with Crippen LogP contribution in [0.2, 0.25) is 0 Å². The first kappa shape index (κ1) is 18.6. The molecule has 1 aliphatic rings. The lowest BCUT2D eigenvalue weighted by Gasteiger charge is -2.14. The number of ether oxygens (including phenoxy) is 1. The van der Waals surface area contributed by atoms with Crippen molar-refractivity contribution in [3.63, 3.8) is 0 Å². The Hall–Kier alpha value is -2.20. The lowest BCUT2D eigenvalue weighted by Crippen LogP contribution is -2.22. The van der Waals surface area contributed by atoms with Crippen LogP contribution in [-0.2, 0) is 22.4 Å². The third kappa shape index (κ3) is 4.13. The number of methoxy groups -OCH3 is 1. The fourth-order valence-corrected chi connectivity index (χ4v) is 4.25. The van der Waals surface area contributed by atoms with E-state index in [4.69, 9.17) is 0 Å². The first-order valence-corrected chi connectivity index (χ1v) is 9.88. The molecule has 1 amide bonds. The molecular weight excluding hydrogens is 376 g/mol. The number of aryl methyl sites for hydroxylation is 2. The zero-order valence-electron chi connectivity index (χ0n) is 14.4. The van der Waals surface area contributed by atoms with Crippen molar-refractivity contribution in [3.8, 4) is 0 Å². The van der Waals surface area contributed by atoms with Gasteiger partial charge in [-0.05, 0) is 32.6 Å². The third-order valence-corrected chi connectivity index (χ3v) is 5.85. The average molecular weight is 394 g/mol. The van der Waals surface area contributed by atoms with Crippen LogP contribution in [-0.4, -0.2) is 39.7 Å². The summed E-state index contributed by atoms with van der Waals surface area (Å²) in [5.74, 6) is -0.695. The number of aromatic nitrogens is 3. The van der Waals surface area contributed by atoms with E-state index in [9.17, 15) is 14.4 Å². The lowest BCUT2D eigenvalue weighted by molar-refractivity contribution is -0.113. The van der Waals surface area contributed by atoms with Crippen LogP contribution in [0.15, 0.2) is 9.95 Å². The van der Waals surface area contributed by atoms with Crippen molar-refractivity contribution in [2.24, 2.45) is 0 Å². The summed E-state index contributed by atoms with van der Waals surface area (Å²) >= 11 is 2.23. The molecule has 0 fully saturated rings. The highest BCUT2D eigenvalue weighted by Gasteiger charge is 2.18. The Morgan fingerprint density at radius 2 is 2.08 bits per heavy atom. The number of esters is 1. The van der Waals surface area contributed by atoms with Crippen molar-refractivity contribution in [3.05, 3.63) is 32.2 Å². The number of hydrogen-bond donors (Lipinski definition) is 2. The molecule has 2 aromatic heterocycles. The van der Waals surface area contributed by atoms with Crippen LogP contribution in [0.1, 0.15) is 39.5 Å². The van der Waals surface area contributed by atoms with Crippen LogP contribution in [0.4, 0.5) is 5.13 Å². The number of rotatable bonds is 5. The Balaban J connectivity index is 1.62. The standard InChI is InChI=1S/C16H18N4O4S2/c1-8-12(14(23)24-2)26-16(17-8)19-11(21)7-25-15-18-10-6-4-3-5-9(10)13(22)20-15/h3-7H2,1-2H3,(H,17,19,21)(H,18,20,22). The van der Waals surface area contributed by atoms with Gasteiger partial charge in [0.1, 0.15) is 4.88 Å². The average Bonchev–Trinajstić information content (AvgIpc) is 2.99. The smallest absolute Gasteiger partial charge is 0.350 e. The van der Waals surface area contributed by atoms with E-state index in [-0.39, 0.29) is 17.2 Å². The summed E-state index contributed by atoms with van der Waals surface area (Å²) in [6, 6.07) is 0. The second-order valence-electron chi connectivity index (χ2n) is 5.77. The van der Waals surface area contributed by atoms with Gasteiger partial charge >= 0.3 is 5.97 Å². The predicted molar refractivity (Wildman–Crippen MR) is 99.0 cm³/mol. The molecule has 0 aliphatic heterocycles. The molecule has 8 nitrogen and oxygen atoms in total. The van der Waals surface area contributed by atoms with Crippen molar-refractivity contribution < 1.29 is 14.3 Å². The number of carbonyl (C=O) groups is 2. The van der Waals surface area contributed by atoms with Crippen LogP contribution in [0.25, 0.3) is 0 Å². The maximum absolute atomic E-state index is 12.1. The van der Waals surface area contributed by atoms with Crippen molar-refractivity contribution in [1.29, 1.82) is 0 Å². The molecule has 0 aromatic carbocycles. The van der Waals surface area contributed by atoms with E-state index in [0.29, 0.717) is 20.9 Å². The van der Waals surface area contributed by atoms with Crippen molar-refractivity contribution in [2.75, 3.05) is 18.2 Å². The highest BCUT2D eigenvalue weighted by Crippen LogP contribution is 2.24. The summed E-state index contributed by atoms with van der Waals surface area (Å²) in [4.78, 5) is 47.5. The van der Waals surface area contributed by atoms with Gasteiger partial charge in [-0.2, -0.15) is 0 Å². The molecule has 10 heteroatoms. The van der Waals surface area contributed by atoms with Crippen molar-refractivity contribution in [2.45, 2.75) is 37.8 Å². The number of hydrogen-bond acceptors (Lipinski definition) is 8. The summed E-state index contributed by atoms with van der Waals surface area (Å²) < 4.78 is 4.67. The minimum atomic E-state index is -0.481. The fraction of sp³-hybridized carbons (Fsp3) is 0.438. The van der Waals surface area contributed by atoms with E-state index in [1.54, 1.807) is 6.92 Å². The first-order valence-electron chi connectivity index (χ1n) is 8.08. The van der Waals surface area contributed by atoms with E-state index in [0.717, 1.165) is 60.0 Å². The van der Waals surface area contributed by atoms with E-state index in [1.807, 2.05) is 0 Å². The molecule has 138 valence electrons. The molecule has 0 bridgehead atoms. The maximum atomic E-state index is 12.1. The molecule has 1 aliphatic carbocycles. The molecule has 2 heterocycles. The number of carbonyl (C=O) groups excluding carboxylic acids is 2. The molecule has 0 spiro atoms. The zero-order valence-corrected chi connectivity index (χ0v) is 16.0. The van der Waals surface area contributed by atoms with Gasteiger partial charge in [0.25, 0.3) is 5.56 Å². The lowest BCUT2D eigenvalue weighted by atomic mass is 9.97. The van der Waals surface area contributed by atoms with Gasteiger partial charge in [0.2, 0.25) is 5.91 Å². The van der Waals surface area contributed by atoms with Crippen LogP contribution < -0.4 is 10.9 Å². The van der Waals surface area contributed by atoms with Gasteiger partial charge in [-0.3, -0.25) is 9.59 Å². The minimum Gasteiger partial charge on any atom is -0.465 e. The SMILES string of the molecule is COC(=O)c1sc(NC(=O)CSc2nc3c(c(=O)[nH]2)CCCC3)nc1C. The highest BCUT2D eigenvalue weighted by molar-refractivity contribution is 7.99. The van der Waals surface area contributed by atoms with Gasteiger partial charge < -0.3 is 15.0 Å². The first-order chi connectivity index (χ1) is 12.5. The number of amides is 1. The molecule has 2 aromatic rings. The molecule has 3 rings (SSSR count). The summed E-state index contributed by atoms with van der Waals surface area (Å²) in [5.41, 5.74) is 1.99. The van der Waals surface area contributed by atoms with Crippen LogP contribution >= 0.6 is 23.1 Å². The van der Waals surface area contributed by atoms with Gasteiger partial charge in [-0.25, -0.2) is 14.8 Å². The normalized spacial score (nSPS) is 13.2. The number of H-pyrrole nitrogens is 1. The largest absolute Gasteiger partial charge is 0.465 e. The van der Waals surface area contributed by atoms with Gasteiger partial charge in [-0.15, -0.1) is 0 Å². The Morgan fingerprint density at radius 3 is 2.85 bits per heavy atom. The second-order valence-corrected chi connectivity index (χ2v) is 7.73. The number of fused-ring (bicyclic) bond motifs is 1. The van der Waals surface area contributed by atoms with E-state index in [2.05, 4.69) is 25.0 Å². The molecular formula is C16H18N4O4S2. The molecule has 26 heavy (non-hydrogen) atoms. The quantitative estimate of drug-likeness (QED) is 0.452. The Kier molecular flexibility index (Phi) is 5.72. The van der Waals surface area contributed by atoms with E-state index >= 15 is 0 Å². The van der Waals surface area contributed by atoms with Gasteiger partial charge in [-0.1, -0.05) is 23.1 Å². The highest BCUT2D eigenvalue weighted by atomic mass is 32.2. The van der Waals surface area contributed by atoms with Gasteiger partial charge in [0, 0.05) is 5.56 Å². The number of nitrogens with zero attached hydrogens (tertiary/aromatic N) is 2. The molecule has 0 saturated heterocycles. The summed E-state index contributed by atoms with van der Waals surface area (Å²) in [6.07, 6.45) is 3.59. The molecule has 0 radical (unpaired) electrons. The number of nitrogens with one attached hydrogen (secondary N) is 2. The molecule has 0 atom stereocenters. The summed E-state index contributed by atoms with van der Waals surface area (Å²) in [5, 5.41) is 3.42. The zero-order chi connectivity index (χ0) is 18.7. The Labute approximate surface area is 157 Å². The van der Waals surface area contributed by atoms with E-state index < -0.39 is 5.97 Å². The van der Waals surface area contributed by atoms with Crippen molar-refractivity contribution in [1.82, 2.24) is 15.0 Å². The van der Waals surface area contributed by atoms with Crippen LogP contribution in [0.3, 0.4) is 0 Å². The van der Waals surface area contributed by atoms with Crippen LogP contribution in [0, 0.1) is 6.92 Å². The number of thioether (sulfide) groups is 1. The van der Waals surface area contributed by atoms with Crippen molar-refractivity contribution >= 4 is 40.1 Å². The van der Waals surface area contributed by atoms with Gasteiger partial charge in [0.05, 0.1) is 24.3 Å². The third-order valence-electron chi connectivity index (χ3n) is 3.92. The Morgan fingerprint density at radius 1 is 1.31 bits per heavy atom. The van der Waals surface area contributed by atoms with Gasteiger partial charge in [0.15, 0.2) is 10.3 Å². The van der Waals surface area contributed by atoms with E-state index in [1.165, 1.54) is 7.11 Å². The number of anilines is 1. The minimum absolute atomic E-state index is 0.0773. The predicted octanol–water partition coefficient (Wildman–Crippen LogP) is 1.93. The number of thiazole rings is 1. The molecule has 0 saturated carbocycles. The Bertz CT molecular complexity index is 906. The fourth-order valence-electron chi connectivity index (χ4n) is 2.67.